The fourth-order valence-corrected chi connectivity index (χ4v) is 3.33. The maximum atomic E-state index is 12.4. The average Bonchev–Trinajstić information content (AvgIpc) is 2.70. The van der Waals surface area contributed by atoms with E-state index >= 15 is 0 Å². The topological polar surface area (TPSA) is 143 Å². The first kappa shape index (κ1) is 26.7. The number of benzene rings is 2. The summed E-state index contributed by atoms with van der Waals surface area (Å²) in [6.45, 7) is 5.62. The van der Waals surface area contributed by atoms with Gasteiger partial charge in [0.2, 0.25) is 15.9 Å². The van der Waals surface area contributed by atoms with Gasteiger partial charge in [-0.1, -0.05) is 12.1 Å². The molecule has 0 aliphatic carbocycles. The number of anilines is 2. The molecular weight excluding hydrogens is 460 g/mol. The Balaban J connectivity index is 1.82. The van der Waals surface area contributed by atoms with Crippen molar-refractivity contribution < 1.29 is 27.5 Å². The molecule has 2 aromatic carbocycles. The fraction of sp³-hybridized carbons (Fsp3) is 0.348. The third kappa shape index (κ3) is 10.3. The number of ether oxygens (including phenoxy) is 1. The Hall–Kier alpha value is -3.60. The van der Waals surface area contributed by atoms with Crippen molar-refractivity contribution >= 4 is 39.3 Å². The Morgan fingerprint density at radius 2 is 1.62 bits per heavy atom. The van der Waals surface area contributed by atoms with Gasteiger partial charge in [-0.3, -0.25) is 14.3 Å². The summed E-state index contributed by atoms with van der Waals surface area (Å²) in [6, 6.07) is 13.1. The molecule has 0 aliphatic rings. The van der Waals surface area contributed by atoms with Crippen LogP contribution in [0.2, 0.25) is 0 Å². The summed E-state index contributed by atoms with van der Waals surface area (Å²) in [7, 11) is -3.39. The Labute approximate surface area is 199 Å². The minimum atomic E-state index is -3.39. The molecule has 3 amide bonds. The van der Waals surface area contributed by atoms with Crippen molar-refractivity contribution in [3.8, 4) is 0 Å². The molecule has 0 saturated heterocycles. The van der Waals surface area contributed by atoms with Crippen molar-refractivity contribution in [1.82, 2.24) is 10.6 Å². The van der Waals surface area contributed by atoms with Crippen molar-refractivity contribution in [1.29, 1.82) is 0 Å². The zero-order valence-electron chi connectivity index (χ0n) is 19.6. The van der Waals surface area contributed by atoms with Gasteiger partial charge in [0.05, 0.1) is 6.26 Å². The second-order valence-corrected chi connectivity index (χ2v) is 10.3. The SMILES string of the molecule is CC(C)(C)OC(=O)NCCC(=O)Nc1cccc(CNC(=O)c2ccc(NS(C)(=O)=O)cc2)c1. The number of alkyl carbamates (subject to hydrolysis) is 1. The molecule has 2 aromatic rings. The van der Waals surface area contributed by atoms with Crippen molar-refractivity contribution in [3.05, 3.63) is 59.7 Å². The highest BCUT2D eigenvalue weighted by Crippen LogP contribution is 2.13. The van der Waals surface area contributed by atoms with Crippen LogP contribution in [-0.2, 0) is 26.1 Å². The van der Waals surface area contributed by atoms with Crippen LogP contribution in [0.3, 0.4) is 0 Å². The predicted molar refractivity (Wildman–Crippen MR) is 130 cm³/mol. The van der Waals surface area contributed by atoms with Gasteiger partial charge in [0.25, 0.3) is 5.91 Å². The number of nitrogens with one attached hydrogen (secondary N) is 4. The molecule has 2 rings (SSSR count). The van der Waals surface area contributed by atoms with Crippen molar-refractivity contribution in [2.75, 3.05) is 22.8 Å². The van der Waals surface area contributed by atoms with Crippen LogP contribution in [0.1, 0.15) is 43.1 Å². The summed E-state index contributed by atoms with van der Waals surface area (Å²) in [5, 5.41) is 8.05. The van der Waals surface area contributed by atoms with E-state index < -0.39 is 21.7 Å². The molecule has 0 radical (unpaired) electrons. The van der Waals surface area contributed by atoms with Gasteiger partial charge in [0, 0.05) is 36.4 Å². The lowest BCUT2D eigenvalue weighted by atomic mass is 10.1. The van der Waals surface area contributed by atoms with E-state index in [9.17, 15) is 22.8 Å². The molecule has 4 N–H and O–H groups in total. The molecule has 184 valence electrons. The molecule has 0 bridgehead atoms. The molecule has 0 saturated carbocycles. The first-order valence-corrected chi connectivity index (χ1v) is 12.4. The lowest BCUT2D eigenvalue weighted by molar-refractivity contribution is -0.116. The lowest BCUT2D eigenvalue weighted by Gasteiger charge is -2.19. The second-order valence-electron chi connectivity index (χ2n) is 8.56. The maximum absolute atomic E-state index is 12.4. The fourth-order valence-electron chi connectivity index (χ4n) is 2.76. The molecular formula is C23H30N4O6S. The maximum Gasteiger partial charge on any atom is 0.407 e. The van der Waals surface area contributed by atoms with Crippen LogP contribution in [0.4, 0.5) is 16.2 Å². The molecule has 10 nitrogen and oxygen atoms in total. The van der Waals surface area contributed by atoms with Gasteiger partial charge >= 0.3 is 6.09 Å². The standard InChI is InChI=1S/C23H30N4O6S/c1-23(2,3)33-22(30)24-13-12-20(28)26-19-7-5-6-16(14-19)15-25-21(29)17-8-10-18(11-9-17)27-34(4,31)32/h5-11,14,27H,12-13,15H2,1-4H3,(H,24,30)(H,25,29)(H,26,28). The van der Waals surface area contributed by atoms with Crippen LogP contribution < -0.4 is 20.7 Å². The van der Waals surface area contributed by atoms with Crippen LogP contribution in [-0.4, -0.2) is 44.7 Å². The van der Waals surface area contributed by atoms with E-state index in [1.54, 1.807) is 45.0 Å². The minimum absolute atomic E-state index is 0.0738. The molecule has 34 heavy (non-hydrogen) atoms. The van der Waals surface area contributed by atoms with E-state index in [-0.39, 0.29) is 31.3 Å². The summed E-state index contributed by atoms with van der Waals surface area (Å²) >= 11 is 0. The predicted octanol–water partition coefficient (Wildman–Crippen LogP) is 2.84. The van der Waals surface area contributed by atoms with Crippen LogP contribution in [0, 0.1) is 0 Å². The Morgan fingerprint density at radius 3 is 2.24 bits per heavy atom. The summed E-state index contributed by atoms with van der Waals surface area (Å²) in [5.41, 5.74) is 1.46. The Kier molecular flexibility index (Phi) is 9.02. The zero-order valence-corrected chi connectivity index (χ0v) is 20.4. The summed E-state index contributed by atoms with van der Waals surface area (Å²) in [6.07, 6.45) is 0.537. The summed E-state index contributed by atoms with van der Waals surface area (Å²) in [5.74, 6) is -0.603. The molecule has 0 aromatic heterocycles. The molecule has 11 heteroatoms. The normalized spacial score (nSPS) is 11.3. The second kappa shape index (κ2) is 11.5. The lowest BCUT2D eigenvalue weighted by Crippen LogP contribution is -2.34. The number of carbonyl (C=O) groups excluding carboxylic acids is 3. The minimum Gasteiger partial charge on any atom is -0.444 e. The van der Waals surface area contributed by atoms with Gasteiger partial charge in [-0.15, -0.1) is 0 Å². The number of sulfonamides is 1. The molecule has 0 atom stereocenters. The van der Waals surface area contributed by atoms with E-state index in [0.29, 0.717) is 16.9 Å². The first-order valence-electron chi connectivity index (χ1n) is 10.5. The van der Waals surface area contributed by atoms with E-state index in [4.69, 9.17) is 4.74 Å². The third-order valence-electron chi connectivity index (χ3n) is 4.13. The highest BCUT2D eigenvalue weighted by Gasteiger charge is 2.16. The van der Waals surface area contributed by atoms with Gasteiger partial charge in [-0.25, -0.2) is 13.2 Å². The highest BCUT2D eigenvalue weighted by atomic mass is 32.2. The van der Waals surface area contributed by atoms with Crippen LogP contribution >= 0.6 is 0 Å². The average molecular weight is 491 g/mol. The Morgan fingerprint density at radius 1 is 0.941 bits per heavy atom. The van der Waals surface area contributed by atoms with Gasteiger partial charge in [0.1, 0.15) is 5.60 Å². The van der Waals surface area contributed by atoms with E-state index in [0.717, 1.165) is 11.8 Å². The van der Waals surface area contributed by atoms with Crippen molar-refractivity contribution in [2.45, 2.75) is 39.3 Å². The zero-order chi connectivity index (χ0) is 25.4. The molecule has 0 heterocycles. The van der Waals surface area contributed by atoms with E-state index in [1.807, 2.05) is 0 Å². The van der Waals surface area contributed by atoms with E-state index in [2.05, 4.69) is 20.7 Å². The van der Waals surface area contributed by atoms with Gasteiger partial charge < -0.3 is 20.7 Å². The highest BCUT2D eigenvalue weighted by molar-refractivity contribution is 7.92. The number of hydrogen-bond acceptors (Lipinski definition) is 6. The number of hydrogen-bond donors (Lipinski definition) is 4. The summed E-state index contributed by atoms with van der Waals surface area (Å²) in [4.78, 5) is 36.1. The van der Waals surface area contributed by atoms with Crippen LogP contribution in [0.5, 0.6) is 0 Å². The monoisotopic (exact) mass is 490 g/mol. The van der Waals surface area contributed by atoms with Crippen molar-refractivity contribution in [2.24, 2.45) is 0 Å². The van der Waals surface area contributed by atoms with Crippen LogP contribution in [0.15, 0.2) is 48.5 Å². The molecule has 0 unspecified atom stereocenters. The smallest absolute Gasteiger partial charge is 0.407 e. The van der Waals surface area contributed by atoms with Gasteiger partial charge in [-0.05, 0) is 62.7 Å². The molecule has 0 spiro atoms. The van der Waals surface area contributed by atoms with Crippen LogP contribution in [0.25, 0.3) is 0 Å². The van der Waals surface area contributed by atoms with Gasteiger partial charge in [0.15, 0.2) is 0 Å². The first-order chi connectivity index (χ1) is 15.8. The van der Waals surface area contributed by atoms with E-state index in [1.165, 1.54) is 24.3 Å². The number of carbonyl (C=O) groups is 3. The largest absolute Gasteiger partial charge is 0.444 e. The molecule has 0 aliphatic heterocycles. The van der Waals surface area contributed by atoms with Crippen molar-refractivity contribution in [3.63, 3.8) is 0 Å². The summed E-state index contributed by atoms with van der Waals surface area (Å²) < 4.78 is 30.0. The van der Waals surface area contributed by atoms with Gasteiger partial charge in [-0.2, -0.15) is 0 Å². The third-order valence-corrected chi connectivity index (χ3v) is 4.74. The Bertz CT molecular complexity index is 1120. The number of amides is 3. The number of rotatable bonds is 9. The quantitative estimate of drug-likeness (QED) is 0.426. The molecule has 0 fully saturated rings.